The van der Waals surface area contributed by atoms with Gasteiger partial charge < -0.3 is 10.4 Å². The Bertz CT molecular complexity index is 350. The molecule has 1 aromatic carbocycles. The van der Waals surface area contributed by atoms with Crippen LogP contribution < -0.4 is 5.32 Å². The van der Waals surface area contributed by atoms with E-state index in [0.29, 0.717) is 6.04 Å². The highest BCUT2D eigenvalue weighted by Gasteiger charge is 2.25. The molecule has 0 spiro atoms. The van der Waals surface area contributed by atoms with Crippen molar-refractivity contribution < 1.29 is 5.11 Å². The smallest absolute Gasteiger partial charge is 0.0499 e. The van der Waals surface area contributed by atoms with Gasteiger partial charge in [-0.1, -0.05) is 38.1 Å². The van der Waals surface area contributed by atoms with Crippen molar-refractivity contribution in [1.29, 1.82) is 0 Å². The first-order valence-corrected chi connectivity index (χ1v) is 6.98. The lowest BCUT2D eigenvalue weighted by atomic mass is 9.83. The van der Waals surface area contributed by atoms with Crippen molar-refractivity contribution >= 4 is 0 Å². The molecule has 0 bridgehead atoms. The van der Waals surface area contributed by atoms with Gasteiger partial charge in [-0.2, -0.15) is 0 Å². The number of hydrogen-bond acceptors (Lipinski definition) is 2. The van der Waals surface area contributed by atoms with Crippen molar-refractivity contribution in [3.05, 3.63) is 35.4 Å². The fraction of sp³-hybridized carbons (Fsp3) is 0.625. The van der Waals surface area contributed by atoms with Gasteiger partial charge in [0.15, 0.2) is 0 Å². The lowest BCUT2D eigenvalue weighted by molar-refractivity contribution is 0.110. The van der Waals surface area contributed by atoms with Gasteiger partial charge in [0.05, 0.1) is 0 Å². The van der Waals surface area contributed by atoms with E-state index >= 15 is 0 Å². The van der Waals surface area contributed by atoms with Crippen LogP contribution in [0.2, 0.25) is 0 Å². The molecule has 1 atom stereocenters. The van der Waals surface area contributed by atoms with E-state index in [-0.39, 0.29) is 12.0 Å². The zero-order chi connectivity index (χ0) is 13.6. The maximum Gasteiger partial charge on any atom is 0.0499 e. The number of hydrogen-bond donors (Lipinski definition) is 2. The second kappa shape index (κ2) is 6.91. The summed E-state index contributed by atoms with van der Waals surface area (Å²) in [7, 11) is 0. The fourth-order valence-corrected chi connectivity index (χ4v) is 2.33. The monoisotopic (exact) mass is 249 g/mol. The van der Waals surface area contributed by atoms with Crippen molar-refractivity contribution in [1.82, 2.24) is 5.32 Å². The van der Waals surface area contributed by atoms with Crippen molar-refractivity contribution in [2.45, 2.75) is 46.6 Å². The zero-order valence-electron chi connectivity index (χ0n) is 12.2. The number of aryl methyl sites for hydroxylation is 1. The van der Waals surface area contributed by atoms with Crippen molar-refractivity contribution in [3.63, 3.8) is 0 Å². The molecule has 0 aliphatic heterocycles. The van der Waals surface area contributed by atoms with Gasteiger partial charge >= 0.3 is 0 Å². The molecule has 18 heavy (non-hydrogen) atoms. The third kappa shape index (κ3) is 3.56. The van der Waals surface area contributed by atoms with Crippen LogP contribution in [0.5, 0.6) is 0 Å². The number of rotatable bonds is 7. The van der Waals surface area contributed by atoms with E-state index in [1.807, 2.05) is 0 Å². The minimum Gasteiger partial charge on any atom is -0.396 e. The molecule has 2 nitrogen and oxygen atoms in total. The van der Waals surface area contributed by atoms with E-state index in [1.54, 1.807) is 0 Å². The van der Waals surface area contributed by atoms with Gasteiger partial charge in [-0.25, -0.2) is 0 Å². The summed E-state index contributed by atoms with van der Waals surface area (Å²) < 4.78 is 0. The molecule has 0 saturated heterocycles. The maximum absolute atomic E-state index is 9.57. The normalized spacial score (nSPS) is 13.6. The Hall–Kier alpha value is -0.860. The second-order valence-corrected chi connectivity index (χ2v) is 5.32. The molecule has 1 aromatic rings. The minimum absolute atomic E-state index is 0.0247. The van der Waals surface area contributed by atoms with Crippen LogP contribution in [0.4, 0.5) is 0 Å². The van der Waals surface area contributed by atoms with Crippen LogP contribution in [0.15, 0.2) is 24.3 Å². The van der Waals surface area contributed by atoms with Crippen LogP contribution in [-0.4, -0.2) is 18.3 Å². The third-order valence-electron chi connectivity index (χ3n) is 4.27. The predicted molar refractivity (Wildman–Crippen MR) is 77.7 cm³/mol. The first-order valence-electron chi connectivity index (χ1n) is 6.98. The molecular formula is C16H27NO. The first-order chi connectivity index (χ1) is 8.58. The van der Waals surface area contributed by atoms with Gasteiger partial charge in [0.25, 0.3) is 0 Å². The summed E-state index contributed by atoms with van der Waals surface area (Å²) in [5.74, 6) is 0. The van der Waals surface area contributed by atoms with Crippen LogP contribution in [0.25, 0.3) is 0 Å². The van der Waals surface area contributed by atoms with Crippen LogP contribution in [-0.2, 0) is 0 Å². The van der Waals surface area contributed by atoms with Gasteiger partial charge in [0.1, 0.15) is 0 Å². The van der Waals surface area contributed by atoms with E-state index in [0.717, 1.165) is 19.4 Å². The average molecular weight is 249 g/mol. The molecule has 0 radical (unpaired) electrons. The lowest BCUT2D eigenvalue weighted by Gasteiger charge is -2.31. The SMILES string of the molecule is CCC(CC)(CO)CNC(C)c1ccccc1C. The molecule has 102 valence electrons. The summed E-state index contributed by atoms with van der Waals surface area (Å²) in [6.07, 6.45) is 2.01. The predicted octanol–water partition coefficient (Wildman–Crippen LogP) is 3.44. The Balaban J connectivity index is 2.66. The molecule has 2 N–H and O–H groups in total. The number of aliphatic hydroxyl groups is 1. The molecule has 1 rings (SSSR count). The van der Waals surface area contributed by atoms with Crippen LogP contribution in [0, 0.1) is 12.3 Å². The zero-order valence-corrected chi connectivity index (χ0v) is 12.2. The van der Waals surface area contributed by atoms with Gasteiger partial charge in [-0.15, -0.1) is 0 Å². The Morgan fingerprint density at radius 2 is 1.83 bits per heavy atom. The van der Waals surface area contributed by atoms with Crippen LogP contribution >= 0.6 is 0 Å². The molecule has 0 aliphatic rings. The molecule has 0 fully saturated rings. The average Bonchev–Trinajstić information content (AvgIpc) is 2.41. The molecule has 0 saturated carbocycles. The highest BCUT2D eigenvalue weighted by molar-refractivity contribution is 5.28. The molecule has 1 unspecified atom stereocenters. The Labute approximate surface area is 111 Å². The minimum atomic E-state index is 0.0247. The van der Waals surface area contributed by atoms with Gasteiger partial charge in [-0.3, -0.25) is 0 Å². The first kappa shape index (κ1) is 15.2. The van der Waals surface area contributed by atoms with Gasteiger partial charge in [0, 0.05) is 24.6 Å². The van der Waals surface area contributed by atoms with Gasteiger partial charge in [0.2, 0.25) is 0 Å². The van der Waals surface area contributed by atoms with Crippen molar-refractivity contribution in [2.24, 2.45) is 5.41 Å². The van der Waals surface area contributed by atoms with E-state index in [2.05, 4.69) is 57.3 Å². The Morgan fingerprint density at radius 3 is 2.33 bits per heavy atom. The van der Waals surface area contributed by atoms with E-state index in [9.17, 15) is 5.11 Å². The Kier molecular flexibility index (Phi) is 5.83. The number of nitrogens with one attached hydrogen (secondary N) is 1. The highest BCUT2D eigenvalue weighted by Crippen LogP contribution is 2.26. The Morgan fingerprint density at radius 1 is 1.22 bits per heavy atom. The summed E-state index contributed by atoms with van der Waals surface area (Å²) >= 11 is 0. The van der Waals surface area contributed by atoms with Crippen molar-refractivity contribution in [2.75, 3.05) is 13.2 Å². The standard InChI is InChI=1S/C16H27NO/c1-5-16(6-2,12-18)11-17-14(4)15-10-8-7-9-13(15)3/h7-10,14,17-18H,5-6,11-12H2,1-4H3. The summed E-state index contributed by atoms with van der Waals surface area (Å²) in [6, 6.07) is 8.80. The molecule has 0 amide bonds. The molecule has 0 aromatic heterocycles. The van der Waals surface area contributed by atoms with E-state index in [4.69, 9.17) is 0 Å². The van der Waals surface area contributed by atoms with Crippen molar-refractivity contribution in [3.8, 4) is 0 Å². The molecule has 2 heteroatoms. The summed E-state index contributed by atoms with van der Waals surface area (Å²) in [4.78, 5) is 0. The summed E-state index contributed by atoms with van der Waals surface area (Å²) in [5.41, 5.74) is 2.69. The van der Waals surface area contributed by atoms with Gasteiger partial charge in [-0.05, 0) is 37.8 Å². The van der Waals surface area contributed by atoms with E-state index in [1.165, 1.54) is 11.1 Å². The summed E-state index contributed by atoms with van der Waals surface area (Å²) in [5, 5.41) is 13.1. The quantitative estimate of drug-likeness (QED) is 0.776. The van der Waals surface area contributed by atoms with E-state index < -0.39 is 0 Å². The van der Waals surface area contributed by atoms with Crippen LogP contribution in [0.3, 0.4) is 0 Å². The largest absolute Gasteiger partial charge is 0.396 e. The second-order valence-electron chi connectivity index (χ2n) is 5.32. The fourth-order valence-electron chi connectivity index (χ4n) is 2.33. The number of aliphatic hydroxyl groups excluding tert-OH is 1. The third-order valence-corrected chi connectivity index (χ3v) is 4.27. The highest BCUT2D eigenvalue weighted by atomic mass is 16.3. The maximum atomic E-state index is 9.57. The molecule has 0 heterocycles. The van der Waals surface area contributed by atoms with Crippen LogP contribution in [0.1, 0.15) is 50.8 Å². The topological polar surface area (TPSA) is 32.3 Å². The molecule has 0 aliphatic carbocycles. The summed E-state index contributed by atoms with van der Waals surface area (Å²) in [6.45, 7) is 9.77. The lowest BCUT2D eigenvalue weighted by Crippen LogP contribution is -2.37. The molecular weight excluding hydrogens is 222 g/mol. The number of benzene rings is 1.